The molecule has 0 aromatic rings. The van der Waals surface area contributed by atoms with Crippen molar-refractivity contribution in [2.24, 2.45) is 0 Å². The number of ether oxygens (including phenoxy) is 2. The maximum Gasteiger partial charge on any atom is 0.0808 e. The van der Waals surface area contributed by atoms with E-state index in [0.29, 0.717) is 12.6 Å². The molecule has 0 aromatic carbocycles. The first-order valence-electron chi connectivity index (χ1n) is 7.57. The van der Waals surface area contributed by atoms with Gasteiger partial charge in [0, 0.05) is 18.2 Å². The molecule has 4 nitrogen and oxygen atoms in total. The van der Waals surface area contributed by atoms with E-state index in [1.54, 1.807) is 0 Å². The zero-order chi connectivity index (χ0) is 14.3. The molecule has 0 spiro atoms. The Morgan fingerprint density at radius 2 is 2.11 bits per heavy atom. The highest BCUT2D eigenvalue weighted by Crippen LogP contribution is 2.18. The topological polar surface area (TPSA) is 50.7 Å². The molecule has 1 fully saturated rings. The van der Waals surface area contributed by atoms with Crippen molar-refractivity contribution in [2.75, 3.05) is 19.8 Å². The van der Waals surface area contributed by atoms with Crippen LogP contribution >= 0.6 is 0 Å². The van der Waals surface area contributed by atoms with Crippen LogP contribution in [0.3, 0.4) is 0 Å². The first-order valence-corrected chi connectivity index (χ1v) is 7.57. The first-order chi connectivity index (χ1) is 8.95. The summed E-state index contributed by atoms with van der Waals surface area (Å²) in [5.41, 5.74) is -0.277. The Morgan fingerprint density at radius 3 is 2.63 bits per heavy atom. The predicted molar refractivity (Wildman–Crippen MR) is 77.4 cm³/mol. The Morgan fingerprint density at radius 1 is 1.37 bits per heavy atom. The van der Waals surface area contributed by atoms with Crippen LogP contribution in [0.5, 0.6) is 0 Å². The van der Waals surface area contributed by atoms with Gasteiger partial charge in [0.25, 0.3) is 0 Å². The summed E-state index contributed by atoms with van der Waals surface area (Å²) in [6.45, 7) is 9.96. The van der Waals surface area contributed by atoms with Crippen molar-refractivity contribution in [1.29, 1.82) is 0 Å². The van der Waals surface area contributed by atoms with Crippen molar-refractivity contribution < 1.29 is 14.6 Å². The third-order valence-electron chi connectivity index (χ3n) is 3.56. The minimum Gasteiger partial charge on any atom is -0.394 e. The van der Waals surface area contributed by atoms with Gasteiger partial charge in [-0.3, -0.25) is 0 Å². The summed E-state index contributed by atoms with van der Waals surface area (Å²) in [7, 11) is 0. The van der Waals surface area contributed by atoms with E-state index in [2.05, 4.69) is 26.1 Å². The van der Waals surface area contributed by atoms with Crippen LogP contribution in [0.4, 0.5) is 0 Å². The van der Waals surface area contributed by atoms with Crippen LogP contribution in [0.25, 0.3) is 0 Å². The quantitative estimate of drug-likeness (QED) is 0.711. The molecule has 1 rings (SSSR count). The second-order valence-corrected chi connectivity index (χ2v) is 6.35. The third kappa shape index (κ3) is 6.70. The molecule has 0 aromatic heterocycles. The van der Waals surface area contributed by atoms with Gasteiger partial charge in [-0.1, -0.05) is 13.8 Å². The van der Waals surface area contributed by atoms with Gasteiger partial charge >= 0.3 is 0 Å². The summed E-state index contributed by atoms with van der Waals surface area (Å²) in [5.74, 6) is 0. The number of rotatable bonds is 8. The lowest BCUT2D eigenvalue weighted by Crippen LogP contribution is -2.51. The standard InChI is InChI=1S/C15H31NO3/c1-12(2)16-15(4,11-17)9-13(3)19-10-14-7-5-6-8-18-14/h12-14,16-17H,5-11H2,1-4H3. The van der Waals surface area contributed by atoms with Crippen molar-refractivity contribution in [1.82, 2.24) is 5.32 Å². The summed E-state index contributed by atoms with van der Waals surface area (Å²) in [5, 5.41) is 13.0. The fraction of sp³-hybridized carbons (Fsp3) is 1.00. The molecule has 3 unspecified atom stereocenters. The fourth-order valence-corrected chi connectivity index (χ4v) is 2.77. The van der Waals surface area contributed by atoms with Crippen LogP contribution in [-0.2, 0) is 9.47 Å². The molecular weight excluding hydrogens is 242 g/mol. The van der Waals surface area contributed by atoms with Crippen LogP contribution in [0.2, 0.25) is 0 Å². The molecular formula is C15H31NO3. The zero-order valence-corrected chi connectivity index (χ0v) is 12.9. The van der Waals surface area contributed by atoms with E-state index in [0.717, 1.165) is 19.4 Å². The summed E-state index contributed by atoms with van der Waals surface area (Å²) in [6, 6.07) is 0.353. The van der Waals surface area contributed by atoms with Gasteiger partial charge in [-0.15, -0.1) is 0 Å². The number of aliphatic hydroxyl groups is 1. The van der Waals surface area contributed by atoms with Gasteiger partial charge in [-0.2, -0.15) is 0 Å². The maximum atomic E-state index is 9.56. The van der Waals surface area contributed by atoms with Crippen molar-refractivity contribution in [2.45, 2.75) is 77.2 Å². The molecule has 19 heavy (non-hydrogen) atoms. The van der Waals surface area contributed by atoms with Crippen LogP contribution in [0.1, 0.15) is 53.4 Å². The highest BCUT2D eigenvalue weighted by atomic mass is 16.5. The third-order valence-corrected chi connectivity index (χ3v) is 3.56. The minimum absolute atomic E-state index is 0.119. The minimum atomic E-state index is -0.277. The number of hydrogen-bond acceptors (Lipinski definition) is 4. The van der Waals surface area contributed by atoms with Gasteiger partial charge in [-0.25, -0.2) is 0 Å². The van der Waals surface area contributed by atoms with E-state index in [4.69, 9.17) is 9.47 Å². The summed E-state index contributed by atoms with van der Waals surface area (Å²) in [6.07, 6.45) is 4.70. The molecule has 4 heteroatoms. The molecule has 0 aliphatic carbocycles. The van der Waals surface area contributed by atoms with Crippen molar-refractivity contribution >= 4 is 0 Å². The first kappa shape index (κ1) is 16.9. The van der Waals surface area contributed by atoms with Crippen molar-refractivity contribution in [3.05, 3.63) is 0 Å². The van der Waals surface area contributed by atoms with E-state index in [9.17, 15) is 5.11 Å². The van der Waals surface area contributed by atoms with Crippen LogP contribution in [0, 0.1) is 0 Å². The number of nitrogens with one attached hydrogen (secondary N) is 1. The normalized spacial score (nSPS) is 25.3. The van der Waals surface area contributed by atoms with Gasteiger partial charge in [0.1, 0.15) is 0 Å². The molecule has 1 aliphatic rings. The van der Waals surface area contributed by atoms with Crippen molar-refractivity contribution in [3.8, 4) is 0 Å². The Hall–Kier alpha value is -0.160. The summed E-state index contributed by atoms with van der Waals surface area (Å²) < 4.78 is 11.5. The van der Waals surface area contributed by atoms with Gasteiger partial charge < -0.3 is 19.9 Å². The molecule has 0 saturated carbocycles. The lowest BCUT2D eigenvalue weighted by molar-refractivity contribution is -0.0668. The largest absolute Gasteiger partial charge is 0.394 e. The van der Waals surface area contributed by atoms with Gasteiger partial charge in [0.2, 0.25) is 0 Å². The van der Waals surface area contributed by atoms with Gasteiger partial charge in [0.15, 0.2) is 0 Å². The second-order valence-electron chi connectivity index (χ2n) is 6.35. The molecule has 0 bridgehead atoms. The van der Waals surface area contributed by atoms with E-state index in [1.165, 1.54) is 12.8 Å². The number of aliphatic hydroxyl groups excluding tert-OH is 1. The zero-order valence-electron chi connectivity index (χ0n) is 12.9. The Balaban J connectivity index is 2.29. The smallest absolute Gasteiger partial charge is 0.0808 e. The molecule has 1 saturated heterocycles. The van der Waals surface area contributed by atoms with Gasteiger partial charge in [-0.05, 0) is 39.5 Å². The molecule has 1 aliphatic heterocycles. The highest BCUT2D eigenvalue weighted by molar-refractivity contribution is 4.86. The lowest BCUT2D eigenvalue weighted by Gasteiger charge is -2.34. The molecule has 2 N–H and O–H groups in total. The van der Waals surface area contributed by atoms with Crippen LogP contribution < -0.4 is 5.32 Å². The second kappa shape index (κ2) is 8.20. The fourth-order valence-electron chi connectivity index (χ4n) is 2.77. The van der Waals surface area contributed by atoms with Crippen LogP contribution in [0.15, 0.2) is 0 Å². The molecule has 0 radical (unpaired) electrons. The van der Waals surface area contributed by atoms with Gasteiger partial charge in [0.05, 0.1) is 25.4 Å². The molecule has 3 atom stereocenters. The Bertz CT molecular complexity index is 242. The Kier molecular flexibility index (Phi) is 7.29. The van der Waals surface area contributed by atoms with E-state index in [-0.39, 0.29) is 24.4 Å². The molecule has 114 valence electrons. The van der Waals surface area contributed by atoms with Crippen LogP contribution in [-0.4, -0.2) is 48.7 Å². The monoisotopic (exact) mass is 273 g/mol. The average molecular weight is 273 g/mol. The SMILES string of the molecule is CC(C)NC(C)(CO)CC(C)OCC1CCCCO1. The number of hydrogen-bond donors (Lipinski definition) is 2. The summed E-state index contributed by atoms with van der Waals surface area (Å²) >= 11 is 0. The van der Waals surface area contributed by atoms with Crippen molar-refractivity contribution in [3.63, 3.8) is 0 Å². The van der Waals surface area contributed by atoms with E-state index >= 15 is 0 Å². The maximum absolute atomic E-state index is 9.56. The summed E-state index contributed by atoms with van der Waals surface area (Å²) in [4.78, 5) is 0. The molecule has 0 amide bonds. The predicted octanol–water partition coefficient (Wildman–Crippen LogP) is 2.10. The van der Waals surface area contributed by atoms with E-state index < -0.39 is 0 Å². The average Bonchev–Trinajstić information content (AvgIpc) is 2.36. The molecule has 1 heterocycles. The van der Waals surface area contributed by atoms with E-state index in [1.807, 2.05) is 6.92 Å². The highest BCUT2D eigenvalue weighted by Gasteiger charge is 2.27. The lowest BCUT2D eigenvalue weighted by atomic mass is 9.94. The Labute approximate surface area is 117 Å².